The molecule has 0 fully saturated rings. The van der Waals surface area contributed by atoms with Gasteiger partial charge in [-0.1, -0.05) is 17.8 Å². The van der Waals surface area contributed by atoms with Crippen LogP contribution in [0.4, 0.5) is 0 Å². The van der Waals surface area contributed by atoms with Crippen LogP contribution in [0.15, 0.2) is 58.6 Å². The number of nitrogens with zero attached hydrogens (tertiary/aromatic N) is 1. The van der Waals surface area contributed by atoms with E-state index in [0.717, 1.165) is 16.3 Å². The van der Waals surface area contributed by atoms with Gasteiger partial charge in [0.15, 0.2) is 0 Å². The van der Waals surface area contributed by atoms with E-state index in [4.69, 9.17) is 9.47 Å². The fourth-order valence-corrected chi connectivity index (χ4v) is 2.70. The van der Waals surface area contributed by atoms with Crippen molar-refractivity contribution < 1.29 is 14.3 Å². The molecule has 0 saturated heterocycles. The molecular weight excluding hydrogens is 324 g/mol. The molecule has 0 atom stereocenters. The highest BCUT2D eigenvalue weighted by molar-refractivity contribution is 7.99. The first-order valence-electron chi connectivity index (χ1n) is 7.83. The number of methoxy groups -OCH3 is 1. The van der Waals surface area contributed by atoms with Crippen LogP contribution in [0, 0.1) is 0 Å². The molecular formula is C18H22N2O3S. The largest absolute Gasteiger partial charge is 0.382 e. The summed E-state index contributed by atoms with van der Waals surface area (Å²) < 4.78 is 10.2. The molecule has 128 valence electrons. The predicted molar refractivity (Wildman–Crippen MR) is 94.4 cm³/mol. The van der Waals surface area contributed by atoms with Gasteiger partial charge in [-0.05, 0) is 42.8 Å². The van der Waals surface area contributed by atoms with Crippen LogP contribution < -0.4 is 5.32 Å². The average molecular weight is 346 g/mol. The second-order valence-corrected chi connectivity index (χ2v) is 6.10. The van der Waals surface area contributed by atoms with E-state index in [1.165, 1.54) is 0 Å². The molecule has 6 heteroatoms. The molecule has 0 saturated carbocycles. The highest BCUT2D eigenvalue weighted by Crippen LogP contribution is 2.25. The van der Waals surface area contributed by atoms with Crippen molar-refractivity contribution in [2.24, 2.45) is 0 Å². The van der Waals surface area contributed by atoms with Gasteiger partial charge in [-0.25, -0.2) is 4.98 Å². The summed E-state index contributed by atoms with van der Waals surface area (Å²) in [6.45, 7) is 2.38. The van der Waals surface area contributed by atoms with Gasteiger partial charge in [-0.3, -0.25) is 4.79 Å². The Kier molecular flexibility index (Phi) is 8.31. The van der Waals surface area contributed by atoms with Gasteiger partial charge in [0.2, 0.25) is 0 Å². The molecule has 1 N–H and O–H groups in total. The topological polar surface area (TPSA) is 60.5 Å². The molecule has 0 aliphatic carbocycles. The van der Waals surface area contributed by atoms with E-state index in [0.29, 0.717) is 31.9 Å². The summed E-state index contributed by atoms with van der Waals surface area (Å²) in [6.07, 6.45) is 2.55. The minimum atomic E-state index is -0.0683. The van der Waals surface area contributed by atoms with E-state index in [-0.39, 0.29) is 5.91 Å². The monoisotopic (exact) mass is 346 g/mol. The second-order valence-electron chi connectivity index (χ2n) is 5.01. The molecule has 0 unspecified atom stereocenters. The Bertz CT molecular complexity index is 605. The van der Waals surface area contributed by atoms with Crippen molar-refractivity contribution >= 4 is 17.7 Å². The zero-order valence-corrected chi connectivity index (χ0v) is 14.6. The molecule has 1 aromatic carbocycles. The Balaban J connectivity index is 1.71. The summed E-state index contributed by atoms with van der Waals surface area (Å²) in [7, 11) is 1.64. The van der Waals surface area contributed by atoms with E-state index >= 15 is 0 Å². The molecule has 2 rings (SSSR count). The Hall–Kier alpha value is -1.89. The standard InChI is InChI=1S/C18H22N2O3S/c1-22-13-14-23-12-4-11-20-18(21)15-6-8-16(9-7-15)24-17-5-2-3-10-19-17/h2-3,5-10H,4,11-14H2,1H3,(H,20,21). The van der Waals surface area contributed by atoms with Crippen LogP contribution in [-0.2, 0) is 9.47 Å². The Morgan fingerprint density at radius 3 is 2.67 bits per heavy atom. The molecule has 1 aromatic heterocycles. The normalized spacial score (nSPS) is 10.5. The molecule has 1 amide bonds. The number of amides is 1. The highest BCUT2D eigenvalue weighted by Gasteiger charge is 2.05. The van der Waals surface area contributed by atoms with Gasteiger partial charge in [0, 0.05) is 36.9 Å². The van der Waals surface area contributed by atoms with Gasteiger partial charge < -0.3 is 14.8 Å². The third-order valence-corrected chi connectivity index (χ3v) is 4.12. The van der Waals surface area contributed by atoms with Crippen LogP contribution in [0.1, 0.15) is 16.8 Å². The van der Waals surface area contributed by atoms with Gasteiger partial charge in [-0.15, -0.1) is 0 Å². The minimum absolute atomic E-state index is 0.0683. The van der Waals surface area contributed by atoms with E-state index in [9.17, 15) is 4.79 Å². The Morgan fingerprint density at radius 1 is 1.12 bits per heavy atom. The van der Waals surface area contributed by atoms with Crippen LogP contribution in [0.25, 0.3) is 0 Å². The van der Waals surface area contributed by atoms with Crippen molar-refractivity contribution in [2.75, 3.05) is 33.5 Å². The van der Waals surface area contributed by atoms with Crippen molar-refractivity contribution in [1.82, 2.24) is 10.3 Å². The van der Waals surface area contributed by atoms with Crippen LogP contribution >= 0.6 is 11.8 Å². The molecule has 0 bridgehead atoms. The van der Waals surface area contributed by atoms with Gasteiger partial charge in [0.05, 0.1) is 13.2 Å². The average Bonchev–Trinajstić information content (AvgIpc) is 2.62. The lowest BCUT2D eigenvalue weighted by Gasteiger charge is -2.07. The molecule has 24 heavy (non-hydrogen) atoms. The minimum Gasteiger partial charge on any atom is -0.382 e. The van der Waals surface area contributed by atoms with Crippen molar-refractivity contribution in [3.63, 3.8) is 0 Å². The summed E-state index contributed by atoms with van der Waals surface area (Å²) in [5, 5.41) is 3.82. The highest BCUT2D eigenvalue weighted by atomic mass is 32.2. The van der Waals surface area contributed by atoms with Crippen LogP contribution in [0.5, 0.6) is 0 Å². The first kappa shape index (κ1) is 18.4. The van der Waals surface area contributed by atoms with Crippen molar-refractivity contribution in [3.05, 3.63) is 54.2 Å². The molecule has 0 aliphatic heterocycles. The zero-order valence-electron chi connectivity index (χ0n) is 13.7. The number of ether oxygens (including phenoxy) is 2. The fraction of sp³-hybridized carbons (Fsp3) is 0.333. The smallest absolute Gasteiger partial charge is 0.251 e. The molecule has 0 radical (unpaired) electrons. The lowest BCUT2D eigenvalue weighted by atomic mass is 10.2. The number of hydrogen-bond acceptors (Lipinski definition) is 5. The number of aromatic nitrogens is 1. The number of carbonyl (C=O) groups is 1. The van der Waals surface area contributed by atoms with E-state index < -0.39 is 0 Å². The summed E-state index contributed by atoms with van der Waals surface area (Å²) in [4.78, 5) is 17.4. The maximum Gasteiger partial charge on any atom is 0.251 e. The Labute approximate surface area is 146 Å². The lowest BCUT2D eigenvalue weighted by molar-refractivity contribution is 0.0688. The molecule has 0 aliphatic rings. The first-order chi connectivity index (χ1) is 11.8. The zero-order chi connectivity index (χ0) is 17.0. The first-order valence-corrected chi connectivity index (χ1v) is 8.65. The van der Waals surface area contributed by atoms with Crippen molar-refractivity contribution in [2.45, 2.75) is 16.3 Å². The van der Waals surface area contributed by atoms with E-state index in [2.05, 4.69) is 10.3 Å². The third kappa shape index (κ3) is 6.70. The van der Waals surface area contributed by atoms with Gasteiger partial charge >= 0.3 is 0 Å². The van der Waals surface area contributed by atoms with E-state index in [1.54, 1.807) is 25.1 Å². The fourth-order valence-electron chi connectivity index (χ4n) is 1.93. The Morgan fingerprint density at radius 2 is 1.96 bits per heavy atom. The maximum atomic E-state index is 12.1. The lowest BCUT2D eigenvalue weighted by Crippen LogP contribution is -2.25. The van der Waals surface area contributed by atoms with Crippen molar-refractivity contribution in [3.8, 4) is 0 Å². The summed E-state index contributed by atoms with van der Waals surface area (Å²) in [6, 6.07) is 13.3. The summed E-state index contributed by atoms with van der Waals surface area (Å²) in [5.41, 5.74) is 0.653. The summed E-state index contributed by atoms with van der Waals surface area (Å²) in [5.74, 6) is -0.0683. The number of carbonyl (C=O) groups excluding carboxylic acids is 1. The molecule has 2 aromatic rings. The number of benzene rings is 1. The van der Waals surface area contributed by atoms with Gasteiger partial charge in [-0.2, -0.15) is 0 Å². The number of rotatable bonds is 10. The van der Waals surface area contributed by atoms with Gasteiger partial charge in [0.25, 0.3) is 5.91 Å². The number of pyridine rings is 1. The van der Waals surface area contributed by atoms with Crippen LogP contribution in [-0.4, -0.2) is 44.4 Å². The number of hydrogen-bond donors (Lipinski definition) is 1. The second kappa shape index (κ2) is 10.8. The predicted octanol–water partition coefficient (Wildman–Crippen LogP) is 3.02. The van der Waals surface area contributed by atoms with E-state index in [1.807, 2.05) is 42.5 Å². The third-order valence-electron chi connectivity index (χ3n) is 3.16. The number of nitrogens with one attached hydrogen (secondary N) is 1. The van der Waals surface area contributed by atoms with Gasteiger partial charge in [0.1, 0.15) is 5.03 Å². The summed E-state index contributed by atoms with van der Waals surface area (Å²) >= 11 is 1.57. The SMILES string of the molecule is COCCOCCCNC(=O)c1ccc(Sc2ccccn2)cc1. The van der Waals surface area contributed by atoms with Crippen LogP contribution in [0.2, 0.25) is 0 Å². The molecule has 1 heterocycles. The quantitative estimate of drug-likeness (QED) is 0.670. The maximum absolute atomic E-state index is 12.1. The molecule has 0 spiro atoms. The van der Waals surface area contributed by atoms with Crippen molar-refractivity contribution in [1.29, 1.82) is 0 Å². The molecule has 5 nitrogen and oxygen atoms in total. The van der Waals surface area contributed by atoms with Crippen LogP contribution in [0.3, 0.4) is 0 Å².